The zero-order valence-corrected chi connectivity index (χ0v) is 19.7. The molecular weight excluding hydrogens is 466 g/mol. The molecule has 0 spiro atoms. The molecule has 1 unspecified atom stereocenters. The minimum atomic E-state index is -1.00. The third-order valence-corrected chi connectivity index (χ3v) is 7.30. The highest BCUT2D eigenvalue weighted by Gasteiger charge is 2.38. The molecular formula is C24H25N7O3S. The van der Waals surface area contributed by atoms with Crippen molar-refractivity contribution >= 4 is 29.4 Å². The van der Waals surface area contributed by atoms with Gasteiger partial charge in [0, 0.05) is 13.1 Å². The second kappa shape index (κ2) is 10.3. The first-order valence-electron chi connectivity index (χ1n) is 11.2. The van der Waals surface area contributed by atoms with Crippen LogP contribution < -0.4 is 21.7 Å². The molecule has 2 atom stereocenters. The van der Waals surface area contributed by atoms with E-state index in [9.17, 15) is 20.1 Å². The van der Waals surface area contributed by atoms with Gasteiger partial charge in [-0.1, -0.05) is 42.1 Å². The van der Waals surface area contributed by atoms with Gasteiger partial charge in [0.05, 0.1) is 23.8 Å². The molecule has 1 saturated carbocycles. The van der Waals surface area contributed by atoms with E-state index in [0.29, 0.717) is 46.2 Å². The molecule has 2 heterocycles. The fraction of sp³-hybridized carbons (Fsp3) is 0.375. The SMILES string of the molecule is N#Cc1c(SC(C(N)=O)c2ccccc2)nc(N2CC(NC(=O)[C@@H](N)CO)C2)c(C#N)c1C1CC1. The van der Waals surface area contributed by atoms with E-state index in [1.165, 1.54) is 0 Å². The molecule has 1 aromatic carbocycles. The maximum atomic E-state index is 12.3. The van der Waals surface area contributed by atoms with Crippen LogP contribution >= 0.6 is 11.8 Å². The van der Waals surface area contributed by atoms with Crippen molar-refractivity contribution in [2.75, 3.05) is 24.6 Å². The van der Waals surface area contributed by atoms with Crippen LogP contribution in [0, 0.1) is 22.7 Å². The Morgan fingerprint density at radius 2 is 1.86 bits per heavy atom. The second-order valence-electron chi connectivity index (χ2n) is 8.61. The normalized spacial score (nSPS) is 17.0. The number of carbonyl (C=O) groups excluding carboxylic acids is 2. The number of nitrogens with zero attached hydrogens (tertiary/aromatic N) is 4. The summed E-state index contributed by atoms with van der Waals surface area (Å²) in [5.41, 5.74) is 13.3. The maximum Gasteiger partial charge on any atom is 0.239 e. The number of aliphatic hydroxyl groups excluding tert-OH is 1. The van der Waals surface area contributed by atoms with Gasteiger partial charge in [-0.15, -0.1) is 0 Å². The minimum Gasteiger partial charge on any atom is -0.394 e. The Balaban J connectivity index is 1.68. The molecule has 0 bridgehead atoms. The molecule has 1 saturated heterocycles. The third-order valence-electron chi connectivity index (χ3n) is 6.04. The summed E-state index contributed by atoms with van der Waals surface area (Å²) in [7, 11) is 0. The van der Waals surface area contributed by atoms with Crippen LogP contribution in [0.2, 0.25) is 0 Å². The number of pyridine rings is 1. The smallest absolute Gasteiger partial charge is 0.239 e. The number of aromatic nitrogens is 1. The Labute approximate surface area is 206 Å². The Morgan fingerprint density at radius 3 is 2.40 bits per heavy atom. The quantitative estimate of drug-likeness (QED) is 0.366. The highest BCUT2D eigenvalue weighted by molar-refractivity contribution is 8.00. The van der Waals surface area contributed by atoms with Gasteiger partial charge in [-0.3, -0.25) is 9.59 Å². The van der Waals surface area contributed by atoms with Gasteiger partial charge >= 0.3 is 0 Å². The van der Waals surface area contributed by atoms with E-state index in [0.717, 1.165) is 24.6 Å². The number of aliphatic hydroxyl groups is 1. The molecule has 1 aliphatic carbocycles. The maximum absolute atomic E-state index is 12.3. The summed E-state index contributed by atoms with van der Waals surface area (Å²) < 4.78 is 0. The van der Waals surface area contributed by atoms with Gasteiger partial charge in [-0.05, 0) is 29.9 Å². The van der Waals surface area contributed by atoms with Gasteiger partial charge < -0.3 is 26.8 Å². The summed E-state index contributed by atoms with van der Waals surface area (Å²) in [5, 5.41) is 31.4. The molecule has 4 rings (SSSR count). The lowest BCUT2D eigenvalue weighted by Gasteiger charge is -2.41. The first kappa shape index (κ1) is 24.5. The molecule has 1 aromatic heterocycles. The van der Waals surface area contributed by atoms with Crippen LogP contribution in [0.5, 0.6) is 0 Å². The van der Waals surface area contributed by atoms with Crippen molar-refractivity contribution in [2.24, 2.45) is 11.5 Å². The van der Waals surface area contributed by atoms with E-state index >= 15 is 0 Å². The lowest BCUT2D eigenvalue weighted by Crippen LogP contribution is -2.62. The van der Waals surface area contributed by atoms with Crippen LogP contribution in [-0.2, 0) is 9.59 Å². The number of anilines is 1. The third kappa shape index (κ3) is 5.08. The number of hydrogen-bond donors (Lipinski definition) is 4. The number of nitriles is 2. The minimum absolute atomic E-state index is 0.0866. The number of thioether (sulfide) groups is 1. The van der Waals surface area contributed by atoms with Crippen molar-refractivity contribution in [3.63, 3.8) is 0 Å². The summed E-state index contributed by atoms with van der Waals surface area (Å²) in [6.07, 6.45) is 1.74. The first-order chi connectivity index (χ1) is 16.9. The van der Waals surface area contributed by atoms with Crippen LogP contribution in [0.25, 0.3) is 0 Å². The van der Waals surface area contributed by atoms with Gasteiger partial charge in [0.25, 0.3) is 0 Å². The van der Waals surface area contributed by atoms with E-state index in [2.05, 4.69) is 22.4 Å². The fourth-order valence-corrected chi connectivity index (χ4v) is 5.09. The van der Waals surface area contributed by atoms with Gasteiger partial charge in [-0.25, -0.2) is 4.98 Å². The van der Waals surface area contributed by atoms with Crippen LogP contribution in [0.1, 0.15) is 46.3 Å². The van der Waals surface area contributed by atoms with Crippen molar-refractivity contribution < 1.29 is 14.7 Å². The van der Waals surface area contributed by atoms with Crippen molar-refractivity contribution in [3.05, 3.63) is 52.6 Å². The summed E-state index contributed by atoms with van der Waals surface area (Å²) in [6, 6.07) is 12.3. The fourth-order valence-electron chi connectivity index (χ4n) is 4.05. The van der Waals surface area contributed by atoms with Gasteiger partial charge in [0.1, 0.15) is 34.3 Å². The average Bonchev–Trinajstić information content (AvgIpc) is 3.68. The summed E-state index contributed by atoms with van der Waals surface area (Å²) in [6.45, 7) is 0.332. The molecule has 11 heteroatoms. The molecule has 2 amide bonds. The molecule has 0 radical (unpaired) electrons. The zero-order valence-electron chi connectivity index (χ0n) is 18.8. The standard InChI is InChI=1S/C24H25N7O3S/c25-8-16-19(13-6-7-13)17(9-26)24(35-20(21(28)33)14-4-2-1-3-5-14)30-22(16)31-10-15(11-31)29-23(34)18(27)12-32/h1-5,13,15,18,20,32H,6-7,10-12,27H2,(H2,28,33)(H,29,34)/t18-,20?/m0/s1. The van der Waals surface area contributed by atoms with Crippen LogP contribution in [0.4, 0.5) is 5.82 Å². The van der Waals surface area contributed by atoms with E-state index in [4.69, 9.17) is 16.6 Å². The topological polar surface area (TPSA) is 182 Å². The molecule has 1 aliphatic heterocycles. The summed E-state index contributed by atoms with van der Waals surface area (Å²) in [5.74, 6) is -0.502. The largest absolute Gasteiger partial charge is 0.394 e. The predicted molar refractivity (Wildman–Crippen MR) is 129 cm³/mol. The van der Waals surface area contributed by atoms with Crippen molar-refractivity contribution in [1.29, 1.82) is 10.5 Å². The first-order valence-corrected chi connectivity index (χ1v) is 12.1. The number of carbonyl (C=O) groups is 2. The number of hydrogen-bond acceptors (Lipinski definition) is 9. The van der Waals surface area contributed by atoms with Crippen LogP contribution in [0.3, 0.4) is 0 Å². The second-order valence-corrected chi connectivity index (χ2v) is 9.71. The van der Waals surface area contributed by atoms with E-state index in [-0.39, 0.29) is 12.0 Å². The molecule has 2 aromatic rings. The molecule has 2 aliphatic rings. The molecule has 35 heavy (non-hydrogen) atoms. The molecule has 6 N–H and O–H groups in total. The number of rotatable bonds is 9. The lowest BCUT2D eigenvalue weighted by molar-refractivity contribution is -0.124. The molecule has 2 fully saturated rings. The molecule has 10 nitrogen and oxygen atoms in total. The van der Waals surface area contributed by atoms with Gasteiger partial charge in [0.2, 0.25) is 11.8 Å². The highest BCUT2D eigenvalue weighted by Crippen LogP contribution is 2.48. The van der Waals surface area contributed by atoms with E-state index < -0.39 is 29.7 Å². The van der Waals surface area contributed by atoms with Crippen LogP contribution in [-0.4, -0.2) is 53.7 Å². The van der Waals surface area contributed by atoms with Crippen LogP contribution in [0.15, 0.2) is 35.4 Å². The van der Waals surface area contributed by atoms with Crippen molar-refractivity contribution in [3.8, 4) is 12.1 Å². The Hall–Kier alpha value is -3.64. The van der Waals surface area contributed by atoms with Gasteiger partial charge in [-0.2, -0.15) is 10.5 Å². The van der Waals surface area contributed by atoms with Crippen molar-refractivity contribution in [2.45, 2.75) is 41.1 Å². The number of nitrogens with two attached hydrogens (primary N) is 2. The number of primary amides is 1. The Morgan fingerprint density at radius 1 is 1.20 bits per heavy atom. The van der Waals surface area contributed by atoms with Gasteiger partial charge in [0.15, 0.2) is 0 Å². The Kier molecular flexibility index (Phi) is 7.22. The monoisotopic (exact) mass is 491 g/mol. The summed E-state index contributed by atoms with van der Waals surface area (Å²) >= 11 is 1.11. The van der Waals surface area contributed by atoms with E-state index in [1.54, 1.807) is 12.1 Å². The van der Waals surface area contributed by atoms with E-state index in [1.807, 2.05) is 23.1 Å². The van der Waals surface area contributed by atoms with Crippen molar-refractivity contribution in [1.82, 2.24) is 10.3 Å². The predicted octanol–water partition coefficient (Wildman–Crippen LogP) is 0.645. The average molecular weight is 492 g/mol. The number of amides is 2. The number of benzene rings is 1. The molecule has 180 valence electrons. The lowest BCUT2D eigenvalue weighted by atomic mass is 9.98. The highest BCUT2D eigenvalue weighted by atomic mass is 32.2. The summed E-state index contributed by atoms with van der Waals surface area (Å²) in [4.78, 5) is 30.8. The number of nitrogens with one attached hydrogen (secondary N) is 1. The zero-order chi connectivity index (χ0) is 25.1. The Bertz CT molecular complexity index is 1210.